The highest BCUT2D eigenvalue weighted by Gasteiger charge is 2.12. The minimum atomic E-state index is -1.11. The normalized spacial score (nSPS) is 13.5. The van der Waals surface area contributed by atoms with Gasteiger partial charge in [-0.1, -0.05) is 18.2 Å². The lowest BCUT2D eigenvalue weighted by atomic mass is 10.1. The van der Waals surface area contributed by atoms with Crippen LogP contribution in [0.15, 0.2) is 30.4 Å². The third-order valence-electron chi connectivity index (χ3n) is 3.33. The van der Waals surface area contributed by atoms with Crippen molar-refractivity contribution in [3.8, 4) is 0 Å². The van der Waals surface area contributed by atoms with E-state index in [4.69, 9.17) is 5.11 Å². The fraction of sp³-hybridized carbons (Fsp3) is 0.333. The van der Waals surface area contributed by atoms with Crippen molar-refractivity contribution in [2.24, 2.45) is 0 Å². The summed E-state index contributed by atoms with van der Waals surface area (Å²) in [5.74, 6) is -1.41. The molecule has 0 atom stereocenters. The summed E-state index contributed by atoms with van der Waals surface area (Å²) in [6.45, 7) is 0.496. The van der Waals surface area contributed by atoms with Crippen molar-refractivity contribution in [1.82, 2.24) is 4.90 Å². The van der Waals surface area contributed by atoms with Gasteiger partial charge in [0.25, 0.3) is 0 Å². The van der Waals surface area contributed by atoms with Crippen molar-refractivity contribution in [2.75, 3.05) is 7.05 Å². The molecule has 1 aliphatic carbocycles. The van der Waals surface area contributed by atoms with E-state index in [1.807, 2.05) is 6.07 Å². The van der Waals surface area contributed by atoms with Crippen LogP contribution in [-0.4, -0.2) is 28.9 Å². The second-order valence-corrected chi connectivity index (χ2v) is 4.82. The van der Waals surface area contributed by atoms with E-state index in [1.54, 1.807) is 7.05 Å². The number of likely N-dealkylation sites (N-methyl/N-ethyl adjacent to an activating group) is 1. The fourth-order valence-corrected chi connectivity index (χ4v) is 2.35. The molecule has 100 valence electrons. The van der Waals surface area contributed by atoms with Gasteiger partial charge in [0.15, 0.2) is 0 Å². The molecule has 0 aromatic heterocycles. The quantitative estimate of drug-likeness (QED) is 0.838. The van der Waals surface area contributed by atoms with Gasteiger partial charge in [-0.15, -0.1) is 0 Å². The Bertz CT molecular complexity index is 534. The van der Waals surface area contributed by atoms with Gasteiger partial charge in [0.2, 0.25) is 5.91 Å². The Morgan fingerprint density at radius 1 is 1.26 bits per heavy atom. The van der Waals surface area contributed by atoms with Crippen LogP contribution in [0, 0.1) is 0 Å². The molecule has 0 heterocycles. The van der Waals surface area contributed by atoms with E-state index in [-0.39, 0.29) is 5.91 Å². The second-order valence-electron chi connectivity index (χ2n) is 4.82. The molecule has 19 heavy (non-hydrogen) atoms. The van der Waals surface area contributed by atoms with E-state index in [0.717, 1.165) is 30.6 Å². The number of carbonyl (C=O) groups excluding carboxylic acids is 1. The van der Waals surface area contributed by atoms with E-state index in [1.165, 1.54) is 22.4 Å². The minimum absolute atomic E-state index is 0.303. The summed E-state index contributed by atoms with van der Waals surface area (Å²) >= 11 is 0. The number of aliphatic carboxylic acids is 1. The zero-order valence-corrected chi connectivity index (χ0v) is 10.9. The molecule has 4 heteroatoms. The first-order chi connectivity index (χ1) is 9.06. The Kier molecular flexibility index (Phi) is 4.00. The highest BCUT2D eigenvalue weighted by molar-refractivity contribution is 5.93. The Balaban J connectivity index is 2.00. The number of carboxylic acids is 1. The topological polar surface area (TPSA) is 57.6 Å². The average molecular weight is 259 g/mol. The number of carboxylic acid groups (broad SMARTS) is 1. The molecule has 0 radical (unpaired) electrons. The van der Waals surface area contributed by atoms with E-state index >= 15 is 0 Å². The van der Waals surface area contributed by atoms with Crippen LogP contribution in [0.1, 0.15) is 23.1 Å². The molecule has 0 aliphatic heterocycles. The van der Waals surface area contributed by atoms with E-state index in [2.05, 4.69) is 12.1 Å². The Morgan fingerprint density at radius 3 is 2.74 bits per heavy atom. The predicted octanol–water partition coefficient (Wildman–Crippen LogP) is 1.77. The van der Waals surface area contributed by atoms with Gasteiger partial charge in [-0.3, -0.25) is 4.79 Å². The monoisotopic (exact) mass is 259 g/mol. The minimum Gasteiger partial charge on any atom is -0.478 e. The van der Waals surface area contributed by atoms with E-state index < -0.39 is 5.97 Å². The molecular weight excluding hydrogens is 242 g/mol. The summed E-state index contributed by atoms with van der Waals surface area (Å²) in [5, 5.41) is 8.48. The van der Waals surface area contributed by atoms with E-state index in [0.29, 0.717) is 6.54 Å². The molecule has 1 aromatic rings. The van der Waals surface area contributed by atoms with Crippen molar-refractivity contribution >= 4 is 11.9 Å². The zero-order valence-electron chi connectivity index (χ0n) is 10.9. The zero-order chi connectivity index (χ0) is 13.8. The van der Waals surface area contributed by atoms with Gasteiger partial charge in [0, 0.05) is 25.7 Å². The van der Waals surface area contributed by atoms with Crippen LogP contribution < -0.4 is 0 Å². The molecular formula is C15H17NO3. The Hall–Kier alpha value is -2.10. The molecule has 0 bridgehead atoms. The summed E-state index contributed by atoms with van der Waals surface area (Å²) in [4.78, 5) is 23.5. The third kappa shape index (κ3) is 3.44. The largest absolute Gasteiger partial charge is 0.478 e. The molecule has 2 rings (SSSR count). The highest BCUT2D eigenvalue weighted by atomic mass is 16.4. The van der Waals surface area contributed by atoms with Crippen LogP contribution in [0.4, 0.5) is 0 Å². The molecule has 4 nitrogen and oxygen atoms in total. The molecule has 1 aromatic carbocycles. The summed E-state index contributed by atoms with van der Waals surface area (Å²) in [7, 11) is 1.67. The maximum Gasteiger partial charge on any atom is 0.328 e. The number of aryl methyl sites for hydroxylation is 2. The van der Waals surface area contributed by atoms with Crippen LogP contribution in [-0.2, 0) is 29.0 Å². The first kappa shape index (κ1) is 13.3. The van der Waals surface area contributed by atoms with Crippen molar-refractivity contribution in [3.63, 3.8) is 0 Å². The van der Waals surface area contributed by atoms with Gasteiger partial charge >= 0.3 is 5.97 Å². The first-order valence-electron chi connectivity index (χ1n) is 6.33. The molecule has 0 saturated carbocycles. The highest BCUT2D eigenvalue weighted by Crippen LogP contribution is 2.23. The van der Waals surface area contributed by atoms with Crippen molar-refractivity contribution in [2.45, 2.75) is 25.8 Å². The lowest BCUT2D eigenvalue weighted by Gasteiger charge is -2.15. The van der Waals surface area contributed by atoms with E-state index in [9.17, 15) is 9.59 Å². The van der Waals surface area contributed by atoms with Crippen LogP contribution in [0.5, 0.6) is 0 Å². The lowest BCUT2D eigenvalue weighted by Crippen LogP contribution is -2.24. The van der Waals surface area contributed by atoms with Crippen LogP contribution in [0.3, 0.4) is 0 Å². The standard InChI is InChI=1S/C15H17NO3/c1-16(14(17)7-8-15(18)19)10-11-5-6-12-3-2-4-13(12)9-11/h5-9H,2-4,10H2,1H3,(H,18,19)/b8-7+. The van der Waals surface area contributed by atoms with Crippen LogP contribution in [0.25, 0.3) is 0 Å². The SMILES string of the molecule is CN(Cc1ccc2c(c1)CCC2)C(=O)/C=C/C(=O)O. The van der Waals surface area contributed by atoms with Gasteiger partial charge in [0.1, 0.15) is 0 Å². The number of rotatable bonds is 4. The fourth-order valence-electron chi connectivity index (χ4n) is 2.35. The maximum absolute atomic E-state index is 11.7. The number of amides is 1. The van der Waals surface area contributed by atoms with Gasteiger partial charge in [0.05, 0.1) is 0 Å². The Labute approximate surface area is 112 Å². The van der Waals surface area contributed by atoms with Gasteiger partial charge < -0.3 is 10.0 Å². The maximum atomic E-state index is 11.7. The van der Waals surface area contributed by atoms with Gasteiger partial charge in [-0.05, 0) is 36.0 Å². The summed E-state index contributed by atoms with van der Waals surface area (Å²) in [6.07, 6.45) is 5.40. The molecule has 1 N–H and O–H groups in total. The van der Waals surface area contributed by atoms with Crippen molar-refractivity contribution in [1.29, 1.82) is 0 Å². The van der Waals surface area contributed by atoms with Gasteiger partial charge in [-0.2, -0.15) is 0 Å². The Morgan fingerprint density at radius 2 is 2.00 bits per heavy atom. The first-order valence-corrected chi connectivity index (χ1v) is 6.33. The number of carbonyl (C=O) groups is 2. The van der Waals surface area contributed by atoms with Crippen molar-refractivity contribution in [3.05, 3.63) is 47.0 Å². The average Bonchev–Trinajstić information content (AvgIpc) is 2.83. The summed E-state index contributed by atoms with van der Waals surface area (Å²) in [5.41, 5.74) is 3.86. The molecule has 0 saturated heterocycles. The van der Waals surface area contributed by atoms with Crippen molar-refractivity contribution < 1.29 is 14.7 Å². The molecule has 1 aliphatic rings. The second kappa shape index (κ2) is 5.69. The number of hydrogen-bond acceptors (Lipinski definition) is 2. The summed E-state index contributed by atoms with van der Waals surface area (Å²) in [6, 6.07) is 6.31. The molecule has 0 fully saturated rings. The van der Waals surface area contributed by atoms with Crippen LogP contribution >= 0.6 is 0 Å². The third-order valence-corrected chi connectivity index (χ3v) is 3.33. The van der Waals surface area contributed by atoms with Crippen LogP contribution in [0.2, 0.25) is 0 Å². The molecule has 0 unspecified atom stereocenters. The van der Waals surface area contributed by atoms with Gasteiger partial charge in [-0.25, -0.2) is 4.79 Å². The molecule has 0 spiro atoms. The number of fused-ring (bicyclic) bond motifs is 1. The predicted molar refractivity (Wildman–Crippen MR) is 71.7 cm³/mol. The number of nitrogens with zero attached hydrogens (tertiary/aromatic N) is 1. The summed E-state index contributed by atoms with van der Waals surface area (Å²) < 4.78 is 0. The smallest absolute Gasteiger partial charge is 0.328 e. The lowest BCUT2D eigenvalue weighted by molar-refractivity contribution is -0.132. The number of hydrogen-bond donors (Lipinski definition) is 1. The number of benzene rings is 1. The molecule has 1 amide bonds.